The molecule has 7 heteroatoms. The molecule has 0 saturated heterocycles. The lowest BCUT2D eigenvalue weighted by Crippen LogP contribution is -2.38. The van der Waals surface area contributed by atoms with Crippen LogP contribution in [0.1, 0.15) is 39.7 Å². The van der Waals surface area contributed by atoms with Crippen molar-refractivity contribution in [3.63, 3.8) is 0 Å². The first-order valence-corrected chi connectivity index (χ1v) is 9.04. The first-order valence-electron chi connectivity index (χ1n) is 7.45. The van der Waals surface area contributed by atoms with E-state index in [0.717, 1.165) is 18.5 Å². The van der Waals surface area contributed by atoms with Gasteiger partial charge in [-0.1, -0.05) is 0 Å². The minimum atomic E-state index is -0.484. The van der Waals surface area contributed by atoms with Gasteiger partial charge in [-0.3, -0.25) is 0 Å². The van der Waals surface area contributed by atoms with Crippen LogP contribution in [0.5, 0.6) is 5.75 Å². The van der Waals surface area contributed by atoms with Crippen LogP contribution >= 0.6 is 31.9 Å². The summed E-state index contributed by atoms with van der Waals surface area (Å²) in [7, 11) is 0. The Morgan fingerprint density at radius 2 is 1.87 bits per heavy atom. The van der Waals surface area contributed by atoms with Gasteiger partial charge in [-0.05, 0) is 90.2 Å². The van der Waals surface area contributed by atoms with Crippen LogP contribution in [0.15, 0.2) is 21.1 Å². The van der Waals surface area contributed by atoms with E-state index in [4.69, 9.17) is 4.74 Å². The highest BCUT2D eigenvalue weighted by Crippen LogP contribution is 2.33. The van der Waals surface area contributed by atoms with E-state index < -0.39 is 11.7 Å². The second kappa shape index (κ2) is 8.89. The normalized spacial score (nSPS) is 12.8. The summed E-state index contributed by atoms with van der Waals surface area (Å²) in [6.07, 6.45) is 0.399. The van der Waals surface area contributed by atoms with E-state index in [1.165, 1.54) is 0 Å². The number of rotatable bonds is 6. The summed E-state index contributed by atoms with van der Waals surface area (Å²) in [5.41, 5.74) is 0.566. The van der Waals surface area contributed by atoms with Crippen molar-refractivity contribution in [2.24, 2.45) is 0 Å². The Balaban J connectivity index is 2.30. The maximum atomic E-state index is 11.6. The number of phenols is 1. The van der Waals surface area contributed by atoms with E-state index >= 15 is 0 Å². The molecule has 0 aliphatic heterocycles. The van der Waals surface area contributed by atoms with Gasteiger partial charge in [0.1, 0.15) is 11.4 Å². The van der Waals surface area contributed by atoms with Gasteiger partial charge in [-0.15, -0.1) is 0 Å². The molecule has 1 amide bonds. The number of carbonyl (C=O) groups is 1. The topological polar surface area (TPSA) is 70.6 Å². The summed E-state index contributed by atoms with van der Waals surface area (Å²) in [4.78, 5) is 11.6. The van der Waals surface area contributed by atoms with Crippen LogP contribution in [-0.4, -0.2) is 29.4 Å². The number of alkyl carbamates (subject to hydrolysis) is 1. The molecule has 5 nitrogen and oxygen atoms in total. The van der Waals surface area contributed by atoms with Crippen molar-refractivity contribution in [3.8, 4) is 5.75 Å². The lowest BCUT2D eigenvalue weighted by molar-refractivity contribution is 0.0506. The zero-order chi connectivity index (χ0) is 17.6. The monoisotopic (exact) mass is 450 g/mol. The molecule has 0 saturated carbocycles. The molecule has 3 N–H and O–H groups in total. The number of hydrogen-bond donors (Lipinski definition) is 3. The predicted octanol–water partition coefficient (Wildman–Crippen LogP) is 4.31. The number of nitrogens with one attached hydrogen (secondary N) is 2. The maximum Gasteiger partial charge on any atom is 0.407 e. The van der Waals surface area contributed by atoms with Crippen LogP contribution in [0.4, 0.5) is 4.79 Å². The van der Waals surface area contributed by atoms with Crippen LogP contribution in [-0.2, 0) is 11.3 Å². The van der Waals surface area contributed by atoms with Crippen LogP contribution in [0.25, 0.3) is 0 Å². The number of benzene rings is 1. The molecule has 0 aliphatic carbocycles. The fraction of sp³-hybridized carbons (Fsp3) is 0.562. The fourth-order valence-electron chi connectivity index (χ4n) is 1.85. The quantitative estimate of drug-likeness (QED) is 0.563. The number of halogens is 2. The van der Waals surface area contributed by atoms with Gasteiger partial charge in [0, 0.05) is 12.6 Å². The van der Waals surface area contributed by atoms with E-state index in [0.29, 0.717) is 15.5 Å². The Bertz CT molecular complexity index is 522. The predicted molar refractivity (Wildman–Crippen MR) is 98.7 cm³/mol. The van der Waals surface area contributed by atoms with Crippen molar-refractivity contribution in [1.29, 1.82) is 0 Å². The van der Waals surface area contributed by atoms with Crippen molar-refractivity contribution in [3.05, 3.63) is 26.6 Å². The molecular weight excluding hydrogens is 428 g/mol. The van der Waals surface area contributed by atoms with E-state index in [1.54, 1.807) is 0 Å². The average molecular weight is 452 g/mol. The first-order chi connectivity index (χ1) is 10.6. The van der Waals surface area contributed by atoms with E-state index in [9.17, 15) is 9.90 Å². The molecular formula is C16H24Br2N2O3. The molecule has 130 valence electrons. The van der Waals surface area contributed by atoms with Crippen molar-refractivity contribution in [2.75, 3.05) is 6.54 Å². The highest BCUT2D eigenvalue weighted by Gasteiger charge is 2.17. The third-order valence-corrected chi connectivity index (χ3v) is 4.13. The Morgan fingerprint density at radius 3 is 2.39 bits per heavy atom. The summed E-state index contributed by atoms with van der Waals surface area (Å²) in [6.45, 7) is 8.90. The minimum Gasteiger partial charge on any atom is -0.506 e. The molecule has 1 aromatic carbocycles. The molecule has 0 spiro atoms. The molecule has 1 rings (SSSR count). The second-order valence-electron chi connectivity index (χ2n) is 6.42. The molecule has 0 heterocycles. The lowest BCUT2D eigenvalue weighted by Gasteiger charge is -2.22. The van der Waals surface area contributed by atoms with Crippen molar-refractivity contribution in [2.45, 2.75) is 52.3 Å². The third-order valence-electron chi connectivity index (χ3n) is 2.92. The molecule has 23 heavy (non-hydrogen) atoms. The van der Waals surface area contributed by atoms with Gasteiger partial charge in [-0.25, -0.2) is 4.79 Å². The van der Waals surface area contributed by atoms with Gasteiger partial charge < -0.3 is 20.5 Å². The zero-order valence-electron chi connectivity index (χ0n) is 13.9. The number of amides is 1. The van der Waals surface area contributed by atoms with Gasteiger partial charge in [0.05, 0.1) is 8.95 Å². The second-order valence-corrected chi connectivity index (χ2v) is 8.13. The third kappa shape index (κ3) is 8.04. The smallest absolute Gasteiger partial charge is 0.407 e. The molecule has 1 atom stereocenters. The van der Waals surface area contributed by atoms with Gasteiger partial charge in [0.25, 0.3) is 0 Å². The summed E-state index contributed by atoms with van der Waals surface area (Å²) in [5.74, 6) is 0.198. The highest BCUT2D eigenvalue weighted by atomic mass is 79.9. The molecule has 0 aliphatic rings. The standard InChI is InChI=1S/C16H24Br2N2O3/c1-10(20-15(22)23-16(2,3)4)5-6-19-9-11-7-12(17)14(21)13(18)8-11/h7-8,10,19,21H,5-6,9H2,1-4H3,(H,20,22). The number of aromatic hydroxyl groups is 1. The fourth-order valence-corrected chi connectivity index (χ4v) is 3.13. The molecule has 0 radical (unpaired) electrons. The van der Waals surface area contributed by atoms with Crippen molar-refractivity contribution in [1.82, 2.24) is 10.6 Å². The minimum absolute atomic E-state index is 0.0237. The molecule has 0 bridgehead atoms. The number of phenolic OH excluding ortho intramolecular Hbond substituents is 1. The van der Waals surface area contributed by atoms with E-state index in [1.807, 2.05) is 39.8 Å². The Morgan fingerprint density at radius 1 is 1.30 bits per heavy atom. The van der Waals surface area contributed by atoms with Crippen molar-refractivity contribution >= 4 is 38.0 Å². The number of hydrogen-bond acceptors (Lipinski definition) is 4. The summed E-state index contributed by atoms with van der Waals surface area (Å²) >= 11 is 6.62. The van der Waals surface area contributed by atoms with Crippen LogP contribution in [0, 0.1) is 0 Å². The molecule has 0 fully saturated rings. The molecule has 0 aromatic heterocycles. The summed E-state index contributed by atoms with van der Waals surface area (Å²) in [6, 6.07) is 3.76. The van der Waals surface area contributed by atoms with E-state index in [-0.39, 0.29) is 11.8 Å². The van der Waals surface area contributed by atoms with Gasteiger partial charge in [0.2, 0.25) is 0 Å². The van der Waals surface area contributed by atoms with Gasteiger partial charge >= 0.3 is 6.09 Å². The molecule has 1 unspecified atom stereocenters. The number of ether oxygens (including phenoxy) is 1. The van der Waals surface area contributed by atoms with Gasteiger partial charge in [-0.2, -0.15) is 0 Å². The Hall–Kier alpha value is -0.790. The van der Waals surface area contributed by atoms with Crippen LogP contribution < -0.4 is 10.6 Å². The highest BCUT2D eigenvalue weighted by molar-refractivity contribution is 9.11. The SMILES string of the molecule is CC(CCNCc1cc(Br)c(O)c(Br)c1)NC(=O)OC(C)(C)C. The largest absolute Gasteiger partial charge is 0.506 e. The van der Waals surface area contributed by atoms with Gasteiger partial charge in [0.15, 0.2) is 0 Å². The lowest BCUT2D eigenvalue weighted by atomic mass is 10.2. The average Bonchev–Trinajstić information content (AvgIpc) is 2.38. The summed E-state index contributed by atoms with van der Waals surface area (Å²) < 4.78 is 6.53. The summed E-state index contributed by atoms with van der Waals surface area (Å²) in [5, 5.41) is 15.8. The first kappa shape index (κ1) is 20.3. The number of carbonyl (C=O) groups excluding carboxylic acids is 1. The Labute approximate surface area is 154 Å². The van der Waals surface area contributed by atoms with Crippen molar-refractivity contribution < 1.29 is 14.6 Å². The van der Waals surface area contributed by atoms with Crippen LogP contribution in [0.3, 0.4) is 0 Å². The van der Waals surface area contributed by atoms with E-state index in [2.05, 4.69) is 42.5 Å². The van der Waals surface area contributed by atoms with Crippen LogP contribution in [0.2, 0.25) is 0 Å². The molecule has 1 aromatic rings. The maximum absolute atomic E-state index is 11.6. The zero-order valence-corrected chi connectivity index (χ0v) is 17.0. The Kier molecular flexibility index (Phi) is 7.83.